The second-order valence-corrected chi connectivity index (χ2v) is 5.84. The molecular weight excluding hydrogens is 358 g/mol. The number of nitrogens with zero attached hydrogens (tertiary/aromatic N) is 4. The minimum absolute atomic E-state index is 0.152. The zero-order chi connectivity index (χ0) is 19.3. The molecule has 2 aromatic heterocycles. The lowest BCUT2D eigenvalue weighted by Gasteiger charge is -2.13. The first-order chi connectivity index (χ1) is 13.7. The number of fused-ring (bicyclic) bond motifs is 1. The Balaban J connectivity index is 1.46. The molecule has 0 spiro atoms. The summed E-state index contributed by atoms with van der Waals surface area (Å²) in [6.45, 7) is -0.152. The van der Waals surface area contributed by atoms with E-state index >= 15 is 0 Å². The molecule has 28 heavy (non-hydrogen) atoms. The number of hydrogen-bond donors (Lipinski definition) is 3. The first-order valence-corrected chi connectivity index (χ1v) is 8.48. The van der Waals surface area contributed by atoms with Gasteiger partial charge in [0.1, 0.15) is 24.1 Å². The maximum absolute atomic E-state index is 12.0. The van der Waals surface area contributed by atoms with E-state index in [1.54, 1.807) is 23.0 Å². The lowest BCUT2D eigenvalue weighted by atomic mass is 10.3. The van der Waals surface area contributed by atoms with Crippen molar-refractivity contribution in [1.82, 2.24) is 24.9 Å². The molecule has 0 unspecified atom stereocenters. The average molecular weight is 375 g/mol. The first kappa shape index (κ1) is 17.3. The molecule has 0 radical (unpaired) electrons. The Kier molecular flexibility index (Phi) is 4.70. The number of nitrogens with one attached hydrogen (secondary N) is 2. The summed E-state index contributed by atoms with van der Waals surface area (Å²) in [5.41, 5.74) is 13.4. The molecule has 9 heteroatoms. The number of benzene rings is 2. The van der Waals surface area contributed by atoms with Crippen molar-refractivity contribution in [2.75, 3.05) is 17.8 Å². The normalized spacial score (nSPS) is 10.6. The molecule has 2 heterocycles. The Morgan fingerprint density at radius 3 is 2.68 bits per heavy atom. The van der Waals surface area contributed by atoms with Gasteiger partial charge < -0.3 is 10.5 Å². The van der Waals surface area contributed by atoms with Gasteiger partial charge in [-0.3, -0.25) is 20.2 Å². The fourth-order valence-electron chi connectivity index (χ4n) is 2.64. The Morgan fingerprint density at radius 1 is 1.04 bits per heavy atom. The topological polar surface area (TPSA) is 120 Å². The van der Waals surface area contributed by atoms with Gasteiger partial charge in [-0.2, -0.15) is 0 Å². The molecule has 0 aliphatic rings. The van der Waals surface area contributed by atoms with Gasteiger partial charge in [0.2, 0.25) is 0 Å². The summed E-state index contributed by atoms with van der Waals surface area (Å²) < 4.78 is 7.15. The Hall–Kier alpha value is -4.14. The third-order valence-electron chi connectivity index (χ3n) is 3.98. The van der Waals surface area contributed by atoms with Crippen molar-refractivity contribution in [3.8, 4) is 11.6 Å². The summed E-state index contributed by atoms with van der Waals surface area (Å²) in [6.07, 6.45) is 2.99. The molecule has 0 saturated carbocycles. The minimum Gasteiger partial charge on any atom is -0.484 e. The quantitative estimate of drug-likeness (QED) is 0.440. The van der Waals surface area contributed by atoms with Gasteiger partial charge >= 0.3 is 0 Å². The fourth-order valence-corrected chi connectivity index (χ4v) is 2.64. The predicted octanol–water partition coefficient (Wildman–Crippen LogP) is 1.92. The molecule has 9 nitrogen and oxygen atoms in total. The van der Waals surface area contributed by atoms with E-state index in [2.05, 4.69) is 25.8 Å². The fraction of sp³-hybridized carbons (Fsp3) is 0.0526. The number of hydrazine groups is 1. The molecule has 4 rings (SSSR count). The smallest absolute Gasteiger partial charge is 0.276 e. The SMILES string of the molecule is Nc1c(NNC(=O)COc2ccccc2)ncnc1-n1cnc2ccccc21. The third-order valence-corrected chi connectivity index (χ3v) is 3.98. The van der Waals surface area contributed by atoms with E-state index in [4.69, 9.17) is 10.5 Å². The van der Waals surface area contributed by atoms with E-state index in [1.807, 2.05) is 42.5 Å². The number of para-hydroxylation sites is 3. The van der Waals surface area contributed by atoms with Crippen molar-refractivity contribution in [2.45, 2.75) is 0 Å². The largest absolute Gasteiger partial charge is 0.484 e. The number of amides is 1. The molecule has 4 N–H and O–H groups in total. The summed E-state index contributed by atoms with van der Waals surface area (Å²) >= 11 is 0. The van der Waals surface area contributed by atoms with Gasteiger partial charge in [-0.1, -0.05) is 30.3 Å². The van der Waals surface area contributed by atoms with Crippen LogP contribution in [0.15, 0.2) is 67.3 Å². The van der Waals surface area contributed by atoms with Crippen LogP contribution in [-0.4, -0.2) is 32.0 Å². The number of nitrogen functional groups attached to an aromatic ring is 1. The highest BCUT2D eigenvalue weighted by Crippen LogP contribution is 2.24. The Bertz CT molecular complexity index is 1110. The van der Waals surface area contributed by atoms with Crippen molar-refractivity contribution in [1.29, 1.82) is 0 Å². The predicted molar refractivity (Wildman–Crippen MR) is 105 cm³/mol. The minimum atomic E-state index is -0.378. The maximum atomic E-state index is 12.0. The maximum Gasteiger partial charge on any atom is 0.276 e. The second kappa shape index (κ2) is 7.62. The van der Waals surface area contributed by atoms with Gasteiger partial charge in [0.15, 0.2) is 18.2 Å². The summed E-state index contributed by atoms with van der Waals surface area (Å²) in [4.78, 5) is 24.7. The Morgan fingerprint density at radius 2 is 1.82 bits per heavy atom. The number of anilines is 2. The average Bonchev–Trinajstić information content (AvgIpc) is 3.16. The van der Waals surface area contributed by atoms with Gasteiger partial charge in [0, 0.05) is 0 Å². The standard InChI is InChI=1S/C19H17N7O2/c20-17-18(25-24-16(27)10-28-13-6-2-1-3-7-13)21-11-22-19(17)26-12-23-14-8-4-5-9-15(14)26/h1-9,11-12H,10,20H2,(H,24,27)(H,21,22,25). The van der Waals surface area contributed by atoms with Crippen LogP contribution in [0.2, 0.25) is 0 Å². The third kappa shape index (κ3) is 3.54. The number of imidazole rings is 1. The van der Waals surface area contributed by atoms with Crippen LogP contribution >= 0.6 is 0 Å². The van der Waals surface area contributed by atoms with Gasteiger partial charge in [-0.05, 0) is 24.3 Å². The molecule has 0 aliphatic heterocycles. The molecule has 0 bridgehead atoms. The molecule has 2 aromatic carbocycles. The molecule has 140 valence electrons. The van der Waals surface area contributed by atoms with Crippen LogP contribution in [0.25, 0.3) is 16.9 Å². The van der Waals surface area contributed by atoms with E-state index < -0.39 is 0 Å². The highest BCUT2D eigenvalue weighted by molar-refractivity contribution is 5.82. The van der Waals surface area contributed by atoms with Crippen LogP contribution in [-0.2, 0) is 4.79 Å². The van der Waals surface area contributed by atoms with Crippen molar-refractivity contribution in [3.63, 3.8) is 0 Å². The van der Waals surface area contributed by atoms with Crippen LogP contribution in [0.5, 0.6) is 5.75 Å². The van der Waals surface area contributed by atoms with E-state index in [-0.39, 0.29) is 24.0 Å². The number of rotatable bonds is 6. The summed E-state index contributed by atoms with van der Waals surface area (Å²) in [6, 6.07) is 16.7. The summed E-state index contributed by atoms with van der Waals surface area (Å²) in [5.74, 6) is 0.960. The molecule has 0 fully saturated rings. The second-order valence-electron chi connectivity index (χ2n) is 5.84. The molecular formula is C19H17N7O2. The van der Waals surface area contributed by atoms with Crippen LogP contribution in [0.3, 0.4) is 0 Å². The molecule has 0 atom stereocenters. The van der Waals surface area contributed by atoms with Crippen LogP contribution < -0.4 is 21.3 Å². The lowest BCUT2D eigenvalue weighted by molar-refractivity contribution is -0.122. The van der Waals surface area contributed by atoms with Gasteiger partial charge in [0.25, 0.3) is 5.91 Å². The van der Waals surface area contributed by atoms with Crippen LogP contribution in [0.4, 0.5) is 11.5 Å². The number of carbonyl (C=O) groups excluding carboxylic acids is 1. The zero-order valence-corrected chi connectivity index (χ0v) is 14.7. The lowest BCUT2D eigenvalue weighted by Crippen LogP contribution is -2.34. The van der Waals surface area contributed by atoms with Gasteiger partial charge in [0.05, 0.1) is 11.0 Å². The highest BCUT2D eigenvalue weighted by Gasteiger charge is 2.13. The molecule has 1 amide bonds. The van der Waals surface area contributed by atoms with E-state index in [0.29, 0.717) is 11.6 Å². The van der Waals surface area contributed by atoms with Crippen molar-refractivity contribution in [3.05, 3.63) is 67.3 Å². The van der Waals surface area contributed by atoms with E-state index in [0.717, 1.165) is 11.0 Å². The summed E-state index contributed by atoms with van der Waals surface area (Å²) in [5, 5.41) is 0. The number of carbonyl (C=O) groups is 1. The number of aromatic nitrogens is 4. The number of ether oxygens (including phenoxy) is 1. The number of hydrogen-bond acceptors (Lipinski definition) is 7. The monoisotopic (exact) mass is 375 g/mol. The first-order valence-electron chi connectivity index (χ1n) is 8.48. The molecule has 0 aliphatic carbocycles. The van der Waals surface area contributed by atoms with Crippen molar-refractivity contribution < 1.29 is 9.53 Å². The molecule has 0 saturated heterocycles. The Labute approximate surface area is 160 Å². The highest BCUT2D eigenvalue weighted by atomic mass is 16.5. The summed E-state index contributed by atoms with van der Waals surface area (Å²) in [7, 11) is 0. The van der Waals surface area contributed by atoms with Crippen LogP contribution in [0.1, 0.15) is 0 Å². The zero-order valence-electron chi connectivity index (χ0n) is 14.7. The number of nitrogens with two attached hydrogens (primary N) is 1. The molecule has 4 aromatic rings. The van der Waals surface area contributed by atoms with Gasteiger partial charge in [-0.15, -0.1) is 0 Å². The van der Waals surface area contributed by atoms with Crippen LogP contribution in [0, 0.1) is 0 Å². The van der Waals surface area contributed by atoms with Gasteiger partial charge in [-0.25, -0.2) is 15.0 Å². The van der Waals surface area contributed by atoms with E-state index in [1.165, 1.54) is 6.33 Å². The van der Waals surface area contributed by atoms with Crippen molar-refractivity contribution in [2.24, 2.45) is 0 Å². The van der Waals surface area contributed by atoms with E-state index in [9.17, 15) is 4.79 Å². The van der Waals surface area contributed by atoms with Crippen molar-refractivity contribution >= 4 is 28.4 Å².